The van der Waals surface area contributed by atoms with Gasteiger partial charge >= 0.3 is 0 Å². The predicted molar refractivity (Wildman–Crippen MR) is 195 cm³/mol. The number of imidazole rings is 2. The normalized spacial score (nSPS) is 16.8. The molecule has 256 valence electrons. The van der Waals surface area contributed by atoms with Crippen LogP contribution in [0.15, 0.2) is 60.7 Å². The van der Waals surface area contributed by atoms with Crippen molar-refractivity contribution in [3.8, 4) is 22.8 Å². The van der Waals surface area contributed by atoms with Crippen LogP contribution in [0.25, 0.3) is 44.8 Å². The van der Waals surface area contributed by atoms with Crippen molar-refractivity contribution >= 4 is 27.8 Å². The van der Waals surface area contributed by atoms with Crippen molar-refractivity contribution in [3.63, 3.8) is 0 Å². The van der Waals surface area contributed by atoms with Gasteiger partial charge in [-0.2, -0.15) is 0 Å². The van der Waals surface area contributed by atoms with Crippen LogP contribution in [0.5, 0.6) is 0 Å². The molecular weight excluding hydrogens is 600 g/mol. The molecule has 48 heavy (non-hydrogen) atoms. The minimum absolute atomic E-state index is 0.0422. The van der Waals surface area contributed by atoms with Gasteiger partial charge in [-0.1, -0.05) is 44.5 Å². The molecule has 1 saturated heterocycles. The van der Waals surface area contributed by atoms with E-state index in [0.717, 1.165) is 102 Å². The SMILES string of the molecule is CCCCOC(C)CC(O)C(C)CCO[C@@H](C)c1ccc(-c2nc3ccc(-c4nc5ccc(N6CCN(C)CC6)cc5[nH]4)cc3[nH]2)cc1. The van der Waals surface area contributed by atoms with Crippen LogP contribution in [0.1, 0.15) is 65.0 Å². The summed E-state index contributed by atoms with van der Waals surface area (Å²) in [7, 11) is 2.18. The van der Waals surface area contributed by atoms with Crippen LogP contribution in [0.3, 0.4) is 0 Å². The first-order valence-corrected chi connectivity index (χ1v) is 17.7. The lowest BCUT2D eigenvalue weighted by molar-refractivity contribution is -0.00490. The Morgan fingerprint density at radius 1 is 0.792 bits per heavy atom. The van der Waals surface area contributed by atoms with E-state index in [1.54, 1.807) is 0 Å². The molecule has 3 N–H and O–H groups in total. The van der Waals surface area contributed by atoms with Gasteiger partial charge in [-0.3, -0.25) is 0 Å². The molecule has 5 aromatic rings. The number of hydrogen-bond donors (Lipinski definition) is 3. The molecule has 0 aliphatic carbocycles. The van der Waals surface area contributed by atoms with Crippen molar-refractivity contribution in [1.82, 2.24) is 24.8 Å². The van der Waals surface area contributed by atoms with Crippen molar-refractivity contribution in [2.24, 2.45) is 5.92 Å². The van der Waals surface area contributed by atoms with Crippen molar-refractivity contribution in [3.05, 3.63) is 66.2 Å². The third kappa shape index (κ3) is 8.26. The molecule has 1 fully saturated rings. The second-order valence-corrected chi connectivity index (χ2v) is 13.6. The quantitative estimate of drug-likeness (QED) is 0.100. The molecule has 2 aromatic heterocycles. The maximum absolute atomic E-state index is 10.6. The van der Waals surface area contributed by atoms with Gasteiger partial charge in [-0.05, 0) is 88.0 Å². The van der Waals surface area contributed by atoms with Crippen LogP contribution in [-0.4, -0.2) is 88.6 Å². The van der Waals surface area contributed by atoms with Gasteiger partial charge in [0.25, 0.3) is 0 Å². The lowest BCUT2D eigenvalue weighted by atomic mass is 9.97. The lowest BCUT2D eigenvalue weighted by Gasteiger charge is -2.34. The minimum atomic E-state index is -0.390. The highest BCUT2D eigenvalue weighted by atomic mass is 16.5. The second-order valence-electron chi connectivity index (χ2n) is 13.6. The molecule has 0 saturated carbocycles. The standard InChI is InChI=1S/C39H52N6O3/c1-6-7-21-47-27(3)23-37(46)26(2)16-22-48-28(4)29-8-10-30(11-9-29)38-40-33-14-12-31(24-35(33)42-38)39-41-34-15-13-32(25-36(34)43-39)45-19-17-44(5)18-20-45/h8-15,24-28,37,46H,6-7,16-23H2,1-5H3,(H,40,42)(H,41,43)/t26?,27?,28-,37?/m0/s1. The minimum Gasteiger partial charge on any atom is -0.393 e. The van der Waals surface area contributed by atoms with E-state index in [9.17, 15) is 5.11 Å². The van der Waals surface area contributed by atoms with Gasteiger partial charge in [0.05, 0.1) is 40.4 Å². The number of aliphatic hydroxyl groups is 1. The van der Waals surface area contributed by atoms with Gasteiger partial charge in [0.15, 0.2) is 0 Å². The van der Waals surface area contributed by atoms with E-state index in [-0.39, 0.29) is 24.2 Å². The van der Waals surface area contributed by atoms with Crippen molar-refractivity contribution in [2.45, 2.75) is 71.7 Å². The summed E-state index contributed by atoms with van der Waals surface area (Å²) in [6, 6.07) is 21.2. The summed E-state index contributed by atoms with van der Waals surface area (Å²) in [5, 5.41) is 10.6. The summed E-state index contributed by atoms with van der Waals surface area (Å²) < 4.78 is 12.0. The molecule has 0 spiro atoms. The molecule has 0 amide bonds. The number of fused-ring (bicyclic) bond motifs is 2. The number of aromatic amines is 2. The summed E-state index contributed by atoms with van der Waals surface area (Å²) in [6.45, 7) is 14.0. The van der Waals surface area contributed by atoms with Gasteiger partial charge in [-0.25, -0.2) is 9.97 Å². The Hall–Kier alpha value is -3.76. The molecule has 1 aliphatic rings. The topological polar surface area (TPSA) is 103 Å². The van der Waals surface area contributed by atoms with Crippen LogP contribution < -0.4 is 4.90 Å². The Balaban J connectivity index is 1.05. The van der Waals surface area contributed by atoms with E-state index in [1.807, 2.05) is 6.92 Å². The number of ether oxygens (including phenoxy) is 2. The first kappa shape index (κ1) is 34.1. The highest BCUT2D eigenvalue weighted by Crippen LogP contribution is 2.29. The van der Waals surface area contributed by atoms with Crippen molar-refractivity contribution < 1.29 is 14.6 Å². The van der Waals surface area contributed by atoms with E-state index in [1.165, 1.54) is 5.69 Å². The van der Waals surface area contributed by atoms with E-state index < -0.39 is 0 Å². The summed E-state index contributed by atoms with van der Waals surface area (Å²) in [5.41, 5.74) is 8.31. The molecule has 6 rings (SSSR count). The molecule has 9 nitrogen and oxygen atoms in total. The highest BCUT2D eigenvalue weighted by Gasteiger charge is 2.19. The van der Waals surface area contributed by atoms with Gasteiger partial charge < -0.3 is 34.3 Å². The Bertz CT molecular complexity index is 1760. The maximum Gasteiger partial charge on any atom is 0.138 e. The number of anilines is 1. The highest BCUT2D eigenvalue weighted by molar-refractivity contribution is 5.87. The molecule has 0 bridgehead atoms. The number of piperazine rings is 1. The fourth-order valence-corrected chi connectivity index (χ4v) is 6.39. The fourth-order valence-electron chi connectivity index (χ4n) is 6.39. The van der Waals surface area contributed by atoms with Crippen molar-refractivity contribution in [1.29, 1.82) is 0 Å². The van der Waals surface area contributed by atoms with Crippen LogP contribution in [0.4, 0.5) is 5.69 Å². The third-order valence-corrected chi connectivity index (χ3v) is 9.81. The lowest BCUT2D eigenvalue weighted by Crippen LogP contribution is -2.44. The van der Waals surface area contributed by atoms with Gasteiger partial charge in [0, 0.05) is 56.2 Å². The predicted octanol–water partition coefficient (Wildman–Crippen LogP) is 7.59. The number of rotatable bonds is 15. The van der Waals surface area contributed by atoms with Crippen LogP contribution in [0.2, 0.25) is 0 Å². The number of unbranched alkanes of at least 4 members (excludes halogenated alkanes) is 1. The maximum atomic E-state index is 10.6. The Labute approximate surface area is 284 Å². The molecule has 9 heteroatoms. The molecule has 3 aromatic carbocycles. The van der Waals surface area contributed by atoms with Crippen LogP contribution in [-0.2, 0) is 9.47 Å². The number of benzene rings is 3. The number of nitrogens with zero attached hydrogens (tertiary/aromatic N) is 4. The fraction of sp³-hybridized carbons (Fsp3) is 0.487. The third-order valence-electron chi connectivity index (χ3n) is 9.81. The zero-order chi connectivity index (χ0) is 33.6. The number of hydrogen-bond acceptors (Lipinski definition) is 7. The molecule has 3 unspecified atom stereocenters. The van der Waals surface area contributed by atoms with E-state index in [4.69, 9.17) is 19.4 Å². The summed E-state index contributed by atoms with van der Waals surface area (Å²) in [5.74, 6) is 1.84. The monoisotopic (exact) mass is 652 g/mol. The smallest absolute Gasteiger partial charge is 0.138 e. The summed E-state index contributed by atoms with van der Waals surface area (Å²) in [4.78, 5) is 21.7. The number of aliphatic hydroxyl groups excluding tert-OH is 1. The molecular formula is C39H52N6O3. The zero-order valence-electron chi connectivity index (χ0n) is 29.2. The van der Waals surface area contributed by atoms with Gasteiger partial charge in [-0.15, -0.1) is 0 Å². The first-order chi connectivity index (χ1) is 23.3. The Morgan fingerprint density at radius 2 is 1.44 bits per heavy atom. The van der Waals surface area contributed by atoms with Crippen LogP contribution in [0, 0.1) is 5.92 Å². The Kier molecular flexibility index (Phi) is 11.1. The number of nitrogens with one attached hydrogen (secondary N) is 2. The van der Waals surface area contributed by atoms with E-state index in [2.05, 4.69) is 108 Å². The summed E-state index contributed by atoms with van der Waals surface area (Å²) in [6.07, 6.45) is 3.28. The van der Waals surface area contributed by atoms with E-state index >= 15 is 0 Å². The number of aromatic nitrogens is 4. The van der Waals surface area contributed by atoms with Gasteiger partial charge in [0.1, 0.15) is 11.6 Å². The molecule has 4 atom stereocenters. The van der Waals surface area contributed by atoms with Crippen molar-refractivity contribution in [2.75, 3.05) is 51.3 Å². The molecule has 0 radical (unpaired) electrons. The average Bonchev–Trinajstić information content (AvgIpc) is 3.72. The zero-order valence-corrected chi connectivity index (χ0v) is 29.2. The number of H-pyrrole nitrogens is 2. The average molecular weight is 653 g/mol. The molecule has 3 heterocycles. The second kappa shape index (κ2) is 15.6. The first-order valence-electron chi connectivity index (χ1n) is 17.7. The molecule has 1 aliphatic heterocycles. The van der Waals surface area contributed by atoms with E-state index in [0.29, 0.717) is 13.0 Å². The summed E-state index contributed by atoms with van der Waals surface area (Å²) >= 11 is 0. The van der Waals surface area contributed by atoms with Gasteiger partial charge in [0.2, 0.25) is 0 Å². The van der Waals surface area contributed by atoms with Crippen LogP contribution >= 0.6 is 0 Å². The number of likely N-dealkylation sites (N-methyl/N-ethyl adjacent to an activating group) is 1. The Morgan fingerprint density at radius 3 is 2.15 bits per heavy atom. The largest absolute Gasteiger partial charge is 0.393 e.